The molecule has 6 heteroatoms. The number of nitrogens with two attached hydrogens (primary N) is 1. The lowest BCUT2D eigenvalue weighted by Crippen LogP contribution is -1.88. The molecular weight excluding hydrogens is 315 g/mol. The van der Waals surface area contributed by atoms with Crippen molar-refractivity contribution in [1.82, 2.24) is 5.16 Å². The number of aryl methyl sites for hydroxylation is 1. The fourth-order valence-electron chi connectivity index (χ4n) is 2.02. The standard InChI is InChI=1S/C14H10Cl2N2OS/c1-7-5-20-6-9(7)13-12(14(17)19-18-13)8-2-3-10(15)11(16)4-8/h2-6H,17H2,1H3. The maximum absolute atomic E-state index is 6.07. The van der Waals surface area contributed by atoms with Gasteiger partial charge in [-0.1, -0.05) is 34.4 Å². The first kappa shape index (κ1) is 13.5. The van der Waals surface area contributed by atoms with E-state index in [4.69, 9.17) is 33.5 Å². The Bertz CT molecular complexity index is 779. The highest BCUT2D eigenvalue weighted by Crippen LogP contribution is 2.40. The fourth-order valence-corrected chi connectivity index (χ4v) is 3.15. The van der Waals surface area contributed by atoms with Gasteiger partial charge in [0.05, 0.1) is 15.6 Å². The van der Waals surface area contributed by atoms with E-state index in [9.17, 15) is 0 Å². The Morgan fingerprint density at radius 3 is 2.65 bits per heavy atom. The zero-order valence-electron chi connectivity index (χ0n) is 10.5. The molecule has 3 aromatic rings. The minimum Gasteiger partial charge on any atom is -0.367 e. The van der Waals surface area contributed by atoms with E-state index >= 15 is 0 Å². The van der Waals surface area contributed by atoms with E-state index in [1.165, 1.54) is 0 Å². The molecule has 0 aliphatic rings. The molecule has 0 bridgehead atoms. The predicted molar refractivity (Wildman–Crippen MR) is 84.4 cm³/mol. The van der Waals surface area contributed by atoms with Crippen LogP contribution in [-0.2, 0) is 0 Å². The number of anilines is 1. The second-order valence-corrected chi connectivity index (χ2v) is 5.93. The van der Waals surface area contributed by atoms with Crippen molar-refractivity contribution in [2.24, 2.45) is 0 Å². The predicted octanol–water partition coefficient (Wildman–Crippen LogP) is 5.27. The lowest BCUT2D eigenvalue weighted by molar-refractivity contribution is 0.439. The Balaban J connectivity index is 2.21. The molecule has 0 aliphatic heterocycles. The topological polar surface area (TPSA) is 52.0 Å². The van der Waals surface area contributed by atoms with Crippen molar-refractivity contribution in [3.8, 4) is 22.4 Å². The van der Waals surface area contributed by atoms with E-state index in [1.54, 1.807) is 23.5 Å². The van der Waals surface area contributed by atoms with Gasteiger partial charge in [-0.05, 0) is 35.6 Å². The molecule has 0 amide bonds. The van der Waals surface area contributed by atoms with Gasteiger partial charge in [0.15, 0.2) is 0 Å². The molecule has 0 aliphatic carbocycles. The van der Waals surface area contributed by atoms with Crippen molar-refractivity contribution in [1.29, 1.82) is 0 Å². The number of thiophene rings is 1. The van der Waals surface area contributed by atoms with Crippen molar-refractivity contribution in [3.63, 3.8) is 0 Å². The van der Waals surface area contributed by atoms with Gasteiger partial charge >= 0.3 is 0 Å². The molecule has 0 spiro atoms. The average molecular weight is 325 g/mol. The van der Waals surface area contributed by atoms with Crippen LogP contribution in [0.1, 0.15) is 5.56 Å². The van der Waals surface area contributed by atoms with Gasteiger partial charge in [0.1, 0.15) is 5.69 Å². The van der Waals surface area contributed by atoms with Crippen molar-refractivity contribution < 1.29 is 4.52 Å². The molecule has 0 unspecified atom stereocenters. The van der Waals surface area contributed by atoms with Gasteiger partial charge in [-0.3, -0.25) is 0 Å². The Hall–Kier alpha value is -1.49. The van der Waals surface area contributed by atoms with Crippen LogP contribution in [0.5, 0.6) is 0 Å². The minimum atomic E-state index is 0.268. The number of halogens is 2. The Morgan fingerprint density at radius 1 is 1.20 bits per heavy atom. The number of aromatic nitrogens is 1. The molecule has 3 rings (SSSR count). The molecule has 0 fully saturated rings. The summed E-state index contributed by atoms with van der Waals surface area (Å²) in [6, 6.07) is 5.34. The Labute approximate surface area is 129 Å². The smallest absolute Gasteiger partial charge is 0.230 e. The molecule has 2 N–H and O–H groups in total. The normalized spacial score (nSPS) is 10.9. The molecule has 0 saturated carbocycles. The minimum absolute atomic E-state index is 0.268. The summed E-state index contributed by atoms with van der Waals surface area (Å²) >= 11 is 13.6. The third-order valence-electron chi connectivity index (χ3n) is 3.04. The summed E-state index contributed by atoms with van der Waals surface area (Å²) in [4.78, 5) is 0. The van der Waals surface area contributed by atoms with E-state index in [0.29, 0.717) is 10.0 Å². The summed E-state index contributed by atoms with van der Waals surface area (Å²) in [7, 11) is 0. The monoisotopic (exact) mass is 324 g/mol. The second kappa shape index (κ2) is 5.13. The molecule has 2 aromatic heterocycles. The lowest BCUT2D eigenvalue weighted by atomic mass is 10.0. The molecule has 102 valence electrons. The first-order valence-electron chi connectivity index (χ1n) is 5.81. The molecule has 3 nitrogen and oxygen atoms in total. The summed E-state index contributed by atoms with van der Waals surface area (Å²) < 4.78 is 5.16. The largest absolute Gasteiger partial charge is 0.367 e. The van der Waals surface area contributed by atoms with Crippen molar-refractivity contribution in [3.05, 3.63) is 44.6 Å². The number of nitrogen functional groups attached to an aromatic ring is 1. The molecule has 20 heavy (non-hydrogen) atoms. The van der Waals surface area contributed by atoms with E-state index in [-0.39, 0.29) is 5.88 Å². The fraction of sp³-hybridized carbons (Fsp3) is 0.0714. The maximum Gasteiger partial charge on any atom is 0.230 e. The van der Waals surface area contributed by atoms with E-state index in [2.05, 4.69) is 10.5 Å². The van der Waals surface area contributed by atoms with Crippen LogP contribution in [0, 0.1) is 6.92 Å². The first-order valence-corrected chi connectivity index (χ1v) is 7.51. The summed E-state index contributed by atoms with van der Waals surface area (Å²) in [6.07, 6.45) is 0. The van der Waals surface area contributed by atoms with Crippen LogP contribution in [-0.4, -0.2) is 5.16 Å². The quantitative estimate of drug-likeness (QED) is 0.698. The van der Waals surface area contributed by atoms with Gasteiger partial charge in [-0.2, -0.15) is 11.3 Å². The van der Waals surface area contributed by atoms with Crippen LogP contribution < -0.4 is 5.73 Å². The van der Waals surface area contributed by atoms with Crippen LogP contribution in [0.4, 0.5) is 5.88 Å². The maximum atomic E-state index is 6.07. The van der Waals surface area contributed by atoms with Gasteiger partial charge in [0, 0.05) is 10.9 Å². The average Bonchev–Trinajstić information content (AvgIpc) is 2.99. The zero-order chi connectivity index (χ0) is 14.3. The van der Waals surface area contributed by atoms with Gasteiger partial charge in [0.25, 0.3) is 0 Å². The molecule has 1 aromatic carbocycles. The SMILES string of the molecule is Cc1cscc1-c1noc(N)c1-c1ccc(Cl)c(Cl)c1. The van der Waals surface area contributed by atoms with Crippen LogP contribution in [0.2, 0.25) is 10.0 Å². The third kappa shape index (κ3) is 2.20. The second-order valence-electron chi connectivity index (χ2n) is 4.37. The van der Waals surface area contributed by atoms with Crippen LogP contribution >= 0.6 is 34.5 Å². The third-order valence-corrected chi connectivity index (χ3v) is 4.64. The number of nitrogens with zero attached hydrogens (tertiary/aromatic N) is 1. The molecule has 0 atom stereocenters. The highest BCUT2D eigenvalue weighted by Gasteiger charge is 2.19. The number of rotatable bonds is 2. The zero-order valence-corrected chi connectivity index (χ0v) is 12.8. The lowest BCUT2D eigenvalue weighted by Gasteiger charge is -2.04. The van der Waals surface area contributed by atoms with Gasteiger partial charge in [-0.25, -0.2) is 0 Å². The first-order chi connectivity index (χ1) is 9.58. The Morgan fingerprint density at radius 2 is 2.00 bits per heavy atom. The van der Waals surface area contributed by atoms with Crippen LogP contribution in [0.15, 0.2) is 33.5 Å². The van der Waals surface area contributed by atoms with Gasteiger partial charge in [0.2, 0.25) is 5.88 Å². The molecule has 2 heterocycles. The molecular formula is C14H10Cl2N2OS. The van der Waals surface area contributed by atoms with E-state index in [0.717, 1.165) is 27.9 Å². The van der Waals surface area contributed by atoms with Gasteiger partial charge < -0.3 is 10.3 Å². The highest BCUT2D eigenvalue weighted by molar-refractivity contribution is 7.08. The van der Waals surface area contributed by atoms with E-state index in [1.807, 2.05) is 18.4 Å². The summed E-state index contributed by atoms with van der Waals surface area (Å²) in [5, 5.41) is 9.12. The Kier molecular flexibility index (Phi) is 3.46. The summed E-state index contributed by atoms with van der Waals surface area (Å²) in [5.74, 6) is 0.268. The molecule has 0 saturated heterocycles. The van der Waals surface area contributed by atoms with Crippen molar-refractivity contribution >= 4 is 40.4 Å². The van der Waals surface area contributed by atoms with Crippen molar-refractivity contribution in [2.45, 2.75) is 6.92 Å². The highest BCUT2D eigenvalue weighted by atomic mass is 35.5. The van der Waals surface area contributed by atoms with Crippen LogP contribution in [0.3, 0.4) is 0 Å². The van der Waals surface area contributed by atoms with Crippen molar-refractivity contribution in [2.75, 3.05) is 5.73 Å². The number of benzene rings is 1. The number of hydrogen-bond acceptors (Lipinski definition) is 4. The molecule has 0 radical (unpaired) electrons. The number of hydrogen-bond donors (Lipinski definition) is 1. The summed E-state index contributed by atoms with van der Waals surface area (Å²) in [5.41, 5.74) is 10.4. The van der Waals surface area contributed by atoms with E-state index < -0.39 is 0 Å². The summed E-state index contributed by atoms with van der Waals surface area (Å²) in [6.45, 7) is 2.02. The van der Waals surface area contributed by atoms with Crippen LogP contribution in [0.25, 0.3) is 22.4 Å². The van der Waals surface area contributed by atoms with Gasteiger partial charge in [-0.15, -0.1) is 0 Å².